The van der Waals surface area contributed by atoms with E-state index < -0.39 is 0 Å². The van der Waals surface area contributed by atoms with Crippen LogP contribution in [0.1, 0.15) is 38.1 Å². The first kappa shape index (κ1) is 8.41. The molecule has 1 saturated carbocycles. The molecule has 1 aromatic rings. The lowest BCUT2D eigenvalue weighted by molar-refractivity contribution is 0.308. The monoisotopic (exact) mass is 182 g/mol. The molecule has 1 aromatic heterocycles. The summed E-state index contributed by atoms with van der Waals surface area (Å²) in [7, 11) is 0. The van der Waals surface area contributed by atoms with Crippen LogP contribution in [0.5, 0.6) is 5.88 Å². The minimum absolute atomic E-state index is 0.0666. The van der Waals surface area contributed by atoms with Crippen molar-refractivity contribution in [2.75, 3.05) is 0 Å². The van der Waals surface area contributed by atoms with Gasteiger partial charge in [-0.15, -0.1) is 0 Å². The van der Waals surface area contributed by atoms with Crippen LogP contribution in [-0.2, 0) is 0 Å². The number of nitrogens with one attached hydrogen (secondary N) is 1. The van der Waals surface area contributed by atoms with E-state index in [1.54, 1.807) is 0 Å². The smallest absolute Gasteiger partial charge is 0.328 e. The molecule has 0 bridgehead atoms. The number of imidazole rings is 1. The van der Waals surface area contributed by atoms with Crippen molar-refractivity contribution in [3.63, 3.8) is 0 Å². The van der Waals surface area contributed by atoms with Crippen LogP contribution >= 0.6 is 0 Å². The van der Waals surface area contributed by atoms with Gasteiger partial charge in [-0.25, -0.2) is 4.79 Å². The maximum Gasteiger partial charge on any atom is 0.328 e. The highest BCUT2D eigenvalue weighted by molar-refractivity contribution is 5.05. The van der Waals surface area contributed by atoms with Gasteiger partial charge < -0.3 is 10.1 Å². The van der Waals surface area contributed by atoms with Crippen LogP contribution in [0.15, 0.2) is 11.0 Å². The number of H-pyrrole nitrogens is 1. The van der Waals surface area contributed by atoms with Crippen LogP contribution in [-0.4, -0.2) is 14.7 Å². The zero-order valence-corrected chi connectivity index (χ0v) is 7.49. The molecule has 72 valence electrons. The molecule has 1 aliphatic rings. The highest BCUT2D eigenvalue weighted by Gasteiger charge is 2.19. The van der Waals surface area contributed by atoms with Crippen molar-refractivity contribution in [2.24, 2.45) is 0 Å². The van der Waals surface area contributed by atoms with Gasteiger partial charge in [0.2, 0.25) is 5.88 Å². The molecule has 0 saturated heterocycles. The minimum Gasteiger partial charge on any atom is -0.493 e. The highest BCUT2D eigenvalue weighted by Crippen LogP contribution is 2.29. The van der Waals surface area contributed by atoms with Gasteiger partial charge in [0, 0.05) is 6.04 Å². The molecular formula is C9H14N2O2. The molecule has 0 unspecified atom stereocenters. The third-order valence-electron chi connectivity index (χ3n) is 2.73. The maximum absolute atomic E-state index is 11.3. The molecule has 0 atom stereocenters. The van der Waals surface area contributed by atoms with Crippen molar-refractivity contribution < 1.29 is 5.11 Å². The van der Waals surface area contributed by atoms with E-state index in [-0.39, 0.29) is 17.6 Å². The summed E-state index contributed by atoms with van der Waals surface area (Å²) in [5, 5.41) is 9.42. The first-order valence-electron chi connectivity index (χ1n) is 4.78. The van der Waals surface area contributed by atoms with Crippen LogP contribution in [0.25, 0.3) is 0 Å². The summed E-state index contributed by atoms with van der Waals surface area (Å²) in [5.41, 5.74) is -0.190. The van der Waals surface area contributed by atoms with E-state index in [2.05, 4.69) is 4.98 Å². The van der Waals surface area contributed by atoms with Crippen LogP contribution in [0.4, 0.5) is 0 Å². The van der Waals surface area contributed by atoms with Gasteiger partial charge in [-0.1, -0.05) is 19.3 Å². The third kappa shape index (κ3) is 1.48. The fourth-order valence-corrected chi connectivity index (χ4v) is 2.06. The summed E-state index contributed by atoms with van der Waals surface area (Å²) < 4.78 is 1.47. The summed E-state index contributed by atoms with van der Waals surface area (Å²) >= 11 is 0. The predicted octanol–water partition coefficient (Wildman–Crippen LogP) is 1.39. The van der Waals surface area contributed by atoms with Crippen LogP contribution in [0.3, 0.4) is 0 Å². The van der Waals surface area contributed by atoms with Gasteiger partial charge in [-0.2, -0.15) is 0 Å². The number of hydrogen-bond donors (Lipinski definition) is 2. The molecule has 13 heavy (non-hydrogen) atoms. The SMILES string of the molecule is O=c1[nH]cc(O)n1C1CCCCC1. The Balaban J connectivity index is 2.27. The summed E-state index contributed by atoms with van der Waals surface area (Å²) in [4.78, 5) is 13.8. The Kier molecular flexibility index (Phi) is 2.12. The number of aromatic hydroxyl groups is 1. The molecule has 4 nitrogen and oxygen atoms in total. The highest BCUT2D eigenvalue weighted by atomic mass is 16.3. The van der Waals surface area contributed by atoms with Gasteiger partial charge in [0.1, 0.15) is 0 Å². The van der Waals surface area contributed by atoms with Crippen molar-refractivity contribution in [1.29, 1.82) is 0 Å². The fraction of sp³-hybridized carbons (Fsp3) is 0.667. The molecule has 2 rings (SSSR count). The lowest BCUT2D eigenvalue weighted by atomic mass is 9.95. The Bertz CT molecular complexity index is 334. The molecular weight excluding hydrogens is 168 g/mol. The van der Waals surface area contributed by atoms with Crippen molar-refractivity contribution in [1.82, 2.24) is 9.55 Å². The Morgan fingerprint density at radius 3 is 2.62 bits per heavy atom. The molecule has 1 aliphatic carbocycles. The Morgan fingerprint density at radius 2 is 2.08 bits per heavy atom. The van der Waals surface area contributed by atoms with Gasteiger partial charge in [0.15, 0.2) is 0 Å². The van der Waals surface area contributed by atoms with Crippen molar-refractivity contribution in [3.8, 4) is 5.88 Å². The van der Waals surface area contributed by atoms with Crippen molar-refractivity contribution in [3.05, 3.63) is 16.7 Å². The number of aromatic amines is 1. The number of nitrogens with zero attached hydrogens (tertiary/aromatic N) is 1. The summed E-state index contributed by atoms with van der Waals surface area (Å²) in [6.07, 6.45) is 6.92. The van der Waals surface area contributed by atoms with Gasteiger partial charge in [0.05, 0.1) is 6.20 Å². The zero-order chi connectivity index (χ0) is 9.26. The van der Waals surface area contributed by atoms with Crippen molar-refractivity contribution >= 4 is 0 Å². The zero-order valence-electron chi connectivity index (χ0n) is 7.49. The molecule has 0 amide bonds. The summed E-state index contributed by atoms with van der Waals surface area (Å²) in [5.74, 6) is 0.0666. The average molecular weight is 182 g/mol. The molecule has 2 N–H and O–H groups in total. The molecule has 0 radical (unpaired) electrons. The molecule has 1 heterocycles. The van der Waals surface area contributed by atoms with E-state index in [0.717, 1.165) is 25.7 Å². The molecule has 1 fully saturated rings. The number of rotatable bonds is 1. The van der Waals surface area contributed by atoms with Gasteiger partial charge in [0.25, 0.3) is 0 Å². The Hall–Kier alpha value is -1.19. The standard InChI is InChI=1S/C9H14N2O2/c12-8-6-10-9(13)11(8)7-4-2-1-3-5-7/h6-7,12H,1-5H2,(H,10,13). The molecule has 0 spiro atoms. The fourth-order valence-electron chi connectivity index (χ4n) is 2.06. The Morgan fingerprint density at radius 1 is 1.38 bits per heavy atom. The lowest BCUT2D eigenvalue weighted by Crippen LogP contribution is -2.23. The number of aromatic nitrogens is 2. The maximum atomic E-state index is 11.3. The van der Waals surface area contributed by atoms with E-state index in [9.17, 15) is 9.90 Å². The van der Waals surface area contributed by atoms with E-state index in [0.29, 0.717) is 0 Å². The normalized spacial score (nSPS) is 19.1. The Labute approximate surface area is 76.2 Å². The van der Waals surface area contributed by atoms with E-state index in [1.807, 2.05) is 0 Å². The van der Waals surface area contributed by atoms with Crippen molar-refractivity contribution in [2.45, 2.75) is 38.1 Å². The number of hydrogen-bond acceptors (Lipinski definition) is 2. The first-order chi connectivity index (χ1) is 6.29. The second kappa shape index (κ2) is 3.28. The average Bonchev–Trinajstić information content (AvgIpc) is 2.48. The van der Waals surface area contributed by atoms with Gasteiger partial charge >= 0.3 is 5.69 Å². The summed E-state index contributed by atoms with van der Waals surface area (Å²) in [6, 6.07) is 0.201. The van der Waals surface area contributed by atoms with E-state index in [1.165, 1.54) is 17.2 Å². The quantitative estimate of drug-likeness (QED) is 0.689. The minimum atomic E-state index is -0.190. The van der Waals surface area contributed by atoms with E-state index >= 15 is 0 Å². The second-order valence-corrected chi connectivity index (χ2v) is 3.61. The summed E-state index contributed by atoms with van der Waals surface area (Å²) in [6.45, 7) is 0. The molecule has 4 heteroatoms. The first-order valence-corrected chi connectivity index (χ1v) is 4.78. The van der Waals surface area contributed by atoms with Crippen LogP contribution in [0.2, 0.25) is 0 Å². The third-order valence-corrected chi connectivity index (χ3v) is 2.73. The topological polar surface area (TPSA) is 58.0 Å². The second-order valence-electron chi connectivity index (χ2n) is 3.61. The largest absolute Gasteiger partial charge is 0.493 e. The molecule has 0 aliphatic heterocycles. The van der Waals surface area contributed by atoms with E-state index in [4.69, 9.17) is 0 Å². The van der Waals surface area contributed by atoms with Crippen LogP contribution in [0, 0.1) is 0 Å². The van der Waals surface area contributed by atoms with Gasteiger partial charge in [-0.05, 0) is 12.8 Å². The van der Waals surface area contributed by atoms with Gasteiger partial charge in [-0.3, -0.25) is 4.57 Å². The molecule has 0 aromatic carbocycles. The lowest BCUT2D eigenvalue weighted by Gasteiger charge is -2.22. The predicted molar refractivity (Wildman–Crippen MR) is 48.8 cm³/mol. The van der Waals surface area contributed by atoms with Crippen LogP contribution < -0.4 is 5.69 Å².